The Morgan fingerprint density at radius 1 is 0.297 bits per heavy atom. The number of hydrogen-bond donors (Lipinski definition) is 0. The van der Waals surface area contributed by atoms with Crippen LogP contribution in [0.15, 0.2) is 117 Å². The van der Waals surface area contributed by atoms with Gasteiger partial charge in [-0.15, -0.1) is 22.7 Å². The van der Waals surface area contributed by atoms with E-state index < -0.39 is 0 Å². The minimum Gasteiger partial charge on any atom is -0.465 e. The van der Waals surface area contributed by atoms with Crippen LogP contribution < -0.4 is 31.1 Å². The largest absolute Gasteiger partial charge is 2.00 e. The Morgan fingerprint density at radius 3 is 0.683 bits per heavy atom. The monoisotopic (exact) mass is 1660 g/mol. The third kappa shape index (κ3) is 32.1. The summed E-state index contributed by atoms with van der Waals surface area (Å²) in [6, 6.07) is 26.7. The molecule has 0 aliphatic heterocycles. The van der Waals surface area contributed by atoms with Crippen LogP contribution in [-0.4, -0.2) is 74.0 Å². The predicted octanol–water partition coefficient (Wildman–Crippen LogP) is 27.9. The van der Waals surface area contributed by atoms with Gasteiger partial charge in [0, 0.05) is 46.6 Å². The van der Waals surface area contributed by atoms with Gasteiger partial charge in [0.2, 0.25) is 0 Å². The Morgan fingerprint density at radius 2 is 0.515 bits per heavy atom. The number of hydrogen-bond acceptors (Lipinski definition) is 4. The standard InChI is InChI=1S/2C14H24NP.2C13H21OP.2C13H21PS.6CH3.3Fe/c2*1-14(2,3)16(12-8-5-6-9-12)13-10-7-11-15(13)4;2*1-13(2,3)15(11-7-4-5-8-11)12-9-6-10-14-12;2*1-13(2,3)14(11-7-4-5-8-11)12-9-6-10-15-12;;;;;;;;;/h2*7,10-12H,5-6,8-9H2,1-4H3;4*6,9-11H,4-5,7-8H2,1-3H3;6*1H3;;;/q;;;;;;6*-1;3*+2. The van der Waals surface area contributed by atoms with Gasteiger partial charge in [0.25, 0.3) is 0 Å². The topological polar surface area (TPSA) is 36.1 Å². The first-order chi connectivity index (χ1) is 43.4. The van der Waals surface area contributed by atoms with E-state index in [1.165, 1.54) is 165 Å². The van der Waals surface area contributed by atoms with Crippen molar-refractivity contribution in [1.82, 2.24) is 9.13 Å². The summed E-state index contributed by atoms with van der Waals surface area (Å²) < 4.78 is 19.4. The van der Waals surface area contributed by atoms with E-state index in [0.717, 1.165) is 34.0 Å². The van der Waals surface area contributed by atoms with Crippen molar-refractivity contribution in [2.75, 3.05) is 0 Å². The SMILES string of the molecule is CC(C)(C)P(c1ccco1)C1CCCC1.CC(C)(C)P(c1ccco1)C1CCCC1.CC(C)(C)P(c1cccs1)C1CCCC1.CC(C)(C)P(c1cccs1)C1CCCC1.Cn1cccc1P(C1CCCC1)C(C)(C)C.Cn1cccc1P(C1CCCC1)C(C)(C)C.[CH3-].[CH3-].[CH3-].[CH3-].[CH3-].[CH3-].[Fe+2].[Fe+2].[Fe+2]. The van der Waals surface area contributed by atoms with Crippen molar-refractivity contribution in [3.05, 3.63) is 153 Å². The van der Waals surface area contributed by atoms with Crippen molar-refractivity contribution in [3.63, 3.8) is 0 Å². The zero-order chi connectivity index (χ0) is 67.1. The summed E-state index contributed by atoms with van der Waals surface area (Å²) in [5.41, 5.74) is 11.4. The molecule has 6 unspecified atom stereocenters. The first kappa shape index (κ1) is 106. The summed E-state index contributed by atoms with van der Waals surface area (Å²) >= 11 is 3.95. The predicted molar refractivity (Wildman–Crippen MR) is 467 cm³/mol. The van der Waals surface area contributed by atoms with Crippen LogP contribution in [0, 0.1) is 44.6 Å². The molecule has 6 heterocycles. The van der Waals surface area contributed by atoms with Crippen LogP contribution in [0.2, 0.25) is 0 Å². The molecular weight excluding hydrogens is 1510 g/mol. The normalized spacial score (nSPS) is 18.7. The summed E-state index contributed by atoms with van der Waals surface area (Å²) in [7, 11) is 4.22. The van der Waals surface area contributed by atoms with Gasteiger partial charge in [0.1, 0.15) is 11.0 Å². The average Bonchev–Trinajstić information content (AvgIpc) is 1.67. The maximum absolute atomic E-state index is 5.66. The van der Waals surface area contributed by atoms with Gasteiger partial charge >= 0.3 is 51.2 Å². The van der Waals surface area contributed by atoms with Gasteiger partial charge < -0.3 is 62.5 Å². The van der Waals surface area contributed by atoms with E-state index >= 15 is 0 Å². The van der Waals surface area contributed by atoms with E-state index in [1.807, 2.05) is 47.3 Å². The molecule has 101 heavy (non-hydrogen) atoms. The molecule has 0 aromatic carbocycles. The molecule has 0 bridgehead atoms. The molecule has 0 spiro atoms. The minimum absolute atomic E-state index is 0. The van der Waals surface area contributed by atoms with Crippen LogP contribution in [0.1, 0.15) is 279 Å². The minimum atomic E-state index is -0.128. The van der Waals surface area contributed by atoms with Gasteiger partial charge in [-0.3, -0.25) is 0 Å². The van der Waals surface area contributed by atoms with E-state index in [2.05, 4.69) is 232 Å². The Kier molecular flexibility index (Phi) is 51.5. The molecule has 6 aliphatic carbocycles. The zero-order valence-electron chi connectivity index (χ0n) is 69.1. The van der Waals surface area contributed by atoms with E-state index in [9.17, 15) is 0 Å². The summed E-state index contributed by atoms with van der Waals surface area (Å²) in [4.78, 5) is 0. The van der Waals surface area contributed by atoms with Gasteiger partial charge in [0.05, 0.1) is 12.5 Å². The number of rotatable bonds is 12. The molecule has 6 aromatic heterocycles. The molecule has 6 fully saturated rings. The van der Waals surface area contributed by atoms with Crippen molar-refractivity contribution in [2.45, 2.75) is 344 Å². The molecule has 4 nitrogen and oxygen atoms in total. The number of aryl methyl sites for hydroxylation is 2. The van der Waals surface area contributed by atoms with E-state index in [-0.39, 0.29) is 143 Å². The second-order valence-corrected chi connectivity index (χ2v) is 55.8. The third-order valence-corrected chi connectivity index (χ3v) is 43.7. The van der Waals surface area contributed by atoms with Gasteiger partial charge in [0.15, 0.2) is 0 Å². The molecule has 6 aromatic rings. The zero-order valence-corrected chi connectivity index (χ0v) is 79.4. The van der Waals surface area contributed by atoms with Crippen molar-refractivity contribution in [1.29, 1.82) is 0 Å². The van der Waals surface area contributed by atoms with Gasteiger partial charge in [-0.2, -0.15) is 0 Å². The second-order valence-electron chi connectivity index (χ2n) is 33.6. The molecule has 6 atom stereocenters. The molecule has 6 saturated carbocycles. The summed E-state index contributed by atoms with van der Waals surface area (Å²) in [6.07, 6.45) is 42.7. The Hall–Kier alpha value is 0.658. The number of furan rings is 2. The molecule has 582 valence electrons. The molecule has 0 amide bonds. The molecule has 0 N–H and O–H groups in total. The van der Waals surface area contributed by atoms with Gasteiger partial charge in [-0.25, -0.2) is 0 Å². The smallest absolute Gasteiger partial charge is 0.465 e. The van der Waals surface area contributed by atoms with Crippen molar-refractivity contribution in [2.24, 2.45) is 14.1 Å². The van der Waals surface area contributed by atoms with Crippen LogP contribution in [0.4, 0.5) is 0 Å². The molecule has 12 rings (SSSR count). The number of aromatic nitrogens is 2. The quantitative estimate of drug-likeness (QED) is 0.0695. The van der Waals surface area contributed by atoms with Crippen LogP contribution in [0.3, 0.4) is 0 Å². The maximum atomic E-state index is 5.66. The van der Waals surface area contributed by atoms with Gasteiger partial charge in [-0.1, -0.05) is 230 Å². The summed E-state index contributed by atoms with van der Waals surface area (Å²) in [5.74, 6) is 0. The summed E-state index contributed by atoms with van der Waals surface area (Å²) in [5, 5.41) is 7.08. The van der Waals surface area contributed by atoms with Crippen molar-refractivity contribution in [3.8, 4) is 0 Å². The fourth-order valence-corrected chi connectivity index (χ4v) is 41.8. The first-order valence-corrected chi connectivity index (χ1v) is 46.7. The van der Waals surface area contributed by atoms with Gasteiger partial charge in [-0.05, 0) is 245 Å². The fourth-order valence-electron chi connectivity index (χ4n) is 16.4. The van der Waals surface area contributed by atoms with Crippen LogP contribution in [0.25, 0.3) is 0 Å². The molecule has 0 saturated heterocycles. The van der Waals surface area contributed by atoms with Crippen LogP contribution in [-0.2, 0) is 65.3 Å². The van der Waals surface area contributed by atoms with E-state index in [1.54, 1.807) is 20.1 Å². The van der Waals surface area contributed by atoms with Crippen molar-refractivity contribution >= 4 is 101 Å². The Labute approximate surface area is 675 Å². The molecular formula is C86H150Fe3N2O2P6S2. The van der Waals surface area contributed by atoms with E-state index in [4.69, 9.17) is 8.83 Å². The number of nitrogens with zero attached hydrogens (tertiary/aromatic N) is 2. The first-order valence-electron chi connectivity index (χ1n) is 36.5. The van der Waals surface area contributed by atoms with Crippen LogP contribution >= 0.6 is 70.2 Å². The second kappa shape index (κ2) is 49.1. The summed E-state index contributed by atoms with van der Waals surface area (Å²) in [6.45, 7) is 43.3. The Balaban J connectivity index is -0.00000112. The Bertz CT molecular complexity index is 2580. The van der Waals surface area contributed by atoms with Crippen molar-refractivity contribution < 1.29 is 60.0 Å². The van der Waals surface area contributed by atoms with Crippen LogP contribution in [0.5, 0.6) is 0 Å². The number of thiophene rings is 2. The van der Waals surface area contributed by atoms with E-state index in [0.29, 0.717) is 30.9 Å². The molecule has 15 heteroatoms. The third-order valence-electron chi connectivity index (χ3n) is 19.8. The average molecular weight is 1660 g/mol. The molecule has 6 aliphatic rings. The fraction of sp³-hybridized carbons (Fsp3) is 0.651. The maximum Gasteiger partial charge on any atom is 2.00 e. The molecule has 0 radical (unpaired) electrons.